The number of piperidine rings is 1. The zero-order valence-electron chi connectivity index (χ0n) is 11.7. The highest BCUT2D eigenvalue weighted by atomic mass is 79.9. The second-order valence-electron chi connectivity index (χ2n) is 6.16. The number of hydrogen-bond donors (Lipinski definition) is 1. The van der Waals surface area contributed by atoms with Gasteiger partial charge in [-0.3, -0.25) is 4.90 Å². The monoisotopic (exact) mass is 340 g/mol. The van der Waals surface area contributed by atoms with Crippen LogP contribution in [0, 0.1) is 11.7 Å². The van der Waals surface area contributed by atoms with Crippen LogP contribution in [0.2, 0.25) is 0 Å². The van der Waals surface area contributed by atoms with Crippen LogP contribution in [0.3, 0.4) is 0 Å². The van der Waals surface area contributed by atoms with E-state index in [1.165, 1.54) is 25.7 Å². The number of nitrogens with zero attached hydrogens (tertiary/aromatic N) is 1. The molecule has 1 saturated carbocycles. The number of rotatable bonds is 5. The van der Waals surface area contributed by atoms with E-state index in [0.29, 0.717) is 0 Å². The van der Waals surface area contributed by atoms with Crippen LogP contribution < -0.4 is 5.32 Å². The first-order valence-electron chi connectivity index (χ1n) is 7.60. The second kappa shape index (κ2) is 6.54. The van der Waals surface area contributed by atoms with Crippen LogP contribution in [-0.2, 0) is 6.54 Å². The third kappa shape index (κ3) is 4.03. The molecule has 1 atom stereocenters. The lowest BCUT2D eigenvalue weighted by atomic mass is 9.97. The van der Waals surface area contributed by atoms with Gasteiger partial charge in [0, 0.05) is 29.2 Å². The molecule has 1 aromatic rings. The van der Waals surface area contributed by atoms with Crippen molar-refractivity contribution in [3.63, 3.8) is 0 Å². The lowest BCUT2D eigenvalue weighted by Crippen LogP contribution is -2.39. The molecule has 0 radical (unpaired) electrons. The average Bonchev–Trinajstić information content (AvgIpc) is 3.25. The van der Waals surface area contributed by atoms with E-state index in [0.717, 1.165) is 48.2 Å². The maximum Gasteiger partial charge on any atom is 0.127 e. The van der Waals surface area contributed by atoms with Gasteiger partial charge in [-0.05, 0) is 62.9 Å². The third-order valence-electron chi connectivity index (χ3n) is 4.28. The number of likely N-dealkylation sites (tertiary alicyclic amines) is 1. The van der Waals surface area contributed by atoms with Crippen LogP contribution in [-0.4, -0.2) is 30.6 Å². The van der Waals surface area contributed by atoms with Crippen LogP contribution in [0.25, 0.3) is 0 Å². The Morgan fingerprint density at radius 1 is 1.30 bits per heavy atom. The number of hydrogen-bond acceptors (Lipinski definition) is 2. The van der Waals surface area contributed by atoms with Crippen molar-refractivity contribution in [1.29, 1.82) is 0 Å². The van der Waals surface area contributed by atoms with Gasteiger partial charge in [0.15, 0.2) is 0 Å². The fraction of sp³-hybridized carbons (Fsp3) is 0.625. The highest BCUT2D eigenvalue weighted by molar-refractivity contribution is 9.10. The van der Waals surface area contributed by atoms with E-state index in [9.17, 15) is 4.39 Å². The van der Waals surface area contributed by atoms with Crippen molar-refractivity contribution in [3.05, 3.63) is 34.1 Å². The second-order valence-corrected chi connectivity index (χ2v) is 7.08. The smallest absolute Gasteiger partial charge is 0.127 e. The zero-order chi connectivity index (χ0) is 13.9. The van der Waals surface area contributed by atoms with Crippen LogP contribution >= 0.6 is 15.9 Å². The van der Waals surface area contributed by atoms with Gasteiger partial charge in [-0.15, -0.1) is 0 Å². The van der Waals surface area contributed by atoms with E-state index in [4.69, 9.17) is 0 Å². The van der Waals surface area contributed by atoms with E-state index in [2.05, 4.69) is 26.1 Å². The molecular formula is C16H22BrFN2. The molecule has 1 unspecified atom stereocenters. The fourth-order valence-electron chi connectivity index (χ4n) is 2.99. The van der Waals surface area contributed by atoms with E-state index < -0.39 is 0 Å². The minimum Gasteiger partial charge on any atom is -0.314 e. The Morgan fingerprint density at radius 3 is 2.95 bits per heavy atom. The summed E-state index contributed by atoms with van der Waals surface area (Å²) in [6.07, 6.45) is 5.23. The quantitative estimate of drug-likeness (QED) is 0.881. The van der Waals surface area contributed by atoms with Crippen molar-refractivity contribution in [3.8, 4) is 0 Å². The molecule has 2 nitrogen and oxygen atoms in total. The Labute approximate surface area is 128 Å². The summed E-state index contributed by atoms with van der Waals surface area (Å²) >= 11 is 3.43. The van der Waals surface area contributed by atoms with Crippen molar-refractivity contribution in [1.82, 2.24) is 10.2 Å². The van der Waals surface area contributed by atoms with Gasteiger partial charge in [-0.2, -0.15) is 0 Å². The molecule has 1 aromatic carbocycles. The number of halogens is 2. The van der Waals surface area contributed by atoms with Gasteiger partial charge >= 0.3 is 0 Å². The Morgan fingerprint density at radius 2 is 2.15 bits per heavy atom. The predicted molar refractivity (Wildman–Crippen MR) is 83.1 cm³/mol. The van der Waals surface area contributed by atoms with Crippen molar-refractivity contribution in [2.45, 2.75) is 38.3 Å². The number of benzene rings is 1. The summed E-state index contributed by atoms with van der Waals surface area (Å²) in [5.74, 6) is 0.631. The Hall–Kier alpha value is -0.450. The summed E-state index contributed by atoms with van der Waals surface area (Å²) in [6, 6.07) is 6.00. The maximum atomic E-state index is 13.8. The van der Waals surface area contributed by atoms with Gasteiger partial charge in [0.2, 0.25) is 0 Å². The molecule has 3 rings (SSSR count). The topological polar surface area (TPSA) is 15.3 Å². The van der Waals surface area contributed by atoms with Crippen LogP contribution in [0.1, 0.15) is 31.2 Å². The van der Waals surface area contributed by atoms with Crippen LogP contribution in [0.15, 0.2) is 22.7 Å². The van der Waals surface area contributed by atoms with Gasteiger partial charge in [0.05, 0.1) is 0 Å². The van der Waals surface area contributed by atoms with E-state index in [-0.39, 0.29) is 5.82 Å². The van der Waals surface area contributed by atoms with Crippen molar-refractivity contribution in [2.24, 2.45) is 5.92 Å². The summed E-state index contributed by atoms with van der Waals surface area (Å²) in [5.41, 5.74) is 0.801. The molecule has 1 aliphatic heterocycles. The summed E-state index contributed by atoms with van der Waals surface area (Å²) < 4.78 is 14.8. The maximum absolute atomic E-state index is 13.8. The Balaban J connectivity index is 1.54. The van der Waals surface area contributed by atoms with Crippen molar-refractivity contribution >= 4 is 15.9 Å². The lowest BCUT2D eigenvalue weighted by Gasteiger charge is -2.33. The van der Waals surface area contributed by atoms with Crippen molar-refractivity contribution < 1.29 is 4.39 Å². The minimum absolute atomic E-state index is 0.0913. The fourth-order valence-corrected chi connectivity index (χ4v) is 3.40. The van der Waals surface area contributed by atoms with Gasteiger partial charge in [0.25, 0.3) is 0 Å². The molecule has 1 aliphatic carbocycles. The average molecular weight is 341 g/mol. The molecule has 1 N–H and O–H groups in total. The lowest BCUT2D eigenvalue weighted by molar-refractivity contribution is 0.163. The van der Waals surface area contributed by atoms with E-state index in [1.54, 1.807) is 12.1 Å². The highest BCUT2D eigenvalue weighted by Crippen LogP contribution is 2.23. The van der Waals surface area contributed by atoms with Crippen LogP contribution in [0.4, 0.5) is 4.39 Å². The molecule has 2 fully saturated rings. The van der Waals surface area contributed by atoms with Gasteiger partial charge in [0.1, 0.15) is 5.82 Å². The molecular weight excluding hydrogens is 319 g/mol. The largest absolute Gasteiger partial charge is 0.314 e. The SMILES string of the molecule is Fc1ccc(Br)cc1CN1CCCC(CNC2CC2)C1. The highest BCUT2D eigenvalue weighted by Gasteiger charge is 2.25. The zero-order valence-corrected chi connectivity index (χ0v) is 13.3. The van der Waals surface area contributed by atoms with Crippen LogP contribution in [0.5, 0.6) is 0 Å². The summed E-state index contributed by atoms with van der Waals surface area (Å²) in [6.45, 7) is 4.03. The summed E-state index contributed by atoms with van der Waals surface area (Å²) in [4.78, 5) is 2.40. The van der Waals surface area contributed by atoms with E-state index >= 15 is 0 Å². The molecule has 20 heavy (non-hydrogen) atoms. The van der Waals surface area contributed by atoms with Gasteiger partial charge in [-0.1, -0.05) is 15.9 Å². The van der Waals surface area contributed by atoms with E-state index in [1.807, 2.05) is 6.07 Å². The Kier molecular flexibility index (Phi) is 4.74. The summed E-state index contributed by atoms with van der Waals surface area (Å²) in [7, 11) is 0. The number of nitrogens with one attached hydrogen (secondary N) is 1. The molecule has 2 aliphatic rings. The predicted octanol–water partition coefficient (Wildman–Crippen LogP) is 3.55. The molecule has 110 valence electrons. The standard InChI is InChI=1S/C16H22BrFN2/c17-14-3-6-16(18)13(8-14)11-20-7-1-2-12(10-20)9-19-15-4-5-15/h3,6,8,12,15,19H,1-2,4-5,7,9-11H2. The molecule has 0 amide bonds. The first-order valence-corrected chi connectivity index (χ1v) is 8.39. The minimum atomic E-state index is -0.0913. The summed E-state index contributed by atoms with van der Waals surface area (Å²) in [5, 5.41) is 3.62. The first kappa shape index (κ1) is 14.5. The third-order valence-corrected chi connectivity index (χ3v) is 4.77. The molecule has 0 bridgehead atoms. The normalized spacial score (nSPS) is 24.0. The van der Waals surface area contributed by atoms with Gasteiger partial charge in [-0.25, -0.2) is 4.39 Å². The molecule has 1 saturated heterocycles. The molecule has 4 heteroatoms. The molecule has 0 spiro atoms. The van der Waals surface area contributed by atoms with Crippen molar-refractivity contribution in [2.75, 3.05) is 19.6 Å². The molecule has 0 aromatic heterocycles. The van der Waals surface area contributed by atoms with Gasteiger partial charge < -0.3 is 5.32 Å². The first-order chi connectivity index (χ1) is 9.70. The Bertz CT molecular complexity index is 462. The molecule has 1 heterocycles.